The third-order valence-corrected chi connectivity index (χ3v) is 1.80. The molecule has 1 aromatic rings. The summed E-state index contributed by atoms with van der Waals surface area (Å²) in [4.78, 5) is 9.28. The average molecular weight is 173 g/mol. The number of rotatable bonds is 2. The van der Waals surface area contributed by atoms with Crippen LogP contribution in [0.25, 0.3) is 6.08 Å². The van der Waals surface area contributed by atoms with Crippen LogP contribution < -0.4 is 0 Å². The van der Waals surface area contributed by atoms with Gasteiger partial charge in [-0.2, -0.15) is 0 Å². The first-order valence-electron chi connectivity index (χ1n) is 2.75. The van der Waals surface area contributed by atoms with E-state index in [2.05, 4.69) is 0 Å². The van der Waals surface area contributed by atoms with E-state index in [1.54, 1.807) is 17.5 Å². The molecular weight excluding hydrogens is 169 g/mol. The van der Waals surface area contributed by atoms with Crippen LogP contribution in [-0.2, 0) is 0 Å². The highest BCUT2D eigenvalue weighted by molar-refractivity contribution is 7.10. The summed E-state index contributed by atoms with van der Waals surface area (Å²) in [6, 6.07) is 3.30. The Hall–Kier alpha value is -1.23. The van der Waals surface area contributed by atoms with Gasteiger partial charge in [-0.1, -0.05) is 6.07 Å². The number of hydrogen-bond acceptors (Lipinski definition) is 3. The lowest BCUT2D eigenvalue weighted by atomic mass is 10.4. The van der Waals surface area contributed by atoms with Gasteiger partial charge >= 0.3 is 5.95 Å². The van der Waals surface area contributed by atoms with Gasteiger partial charge in [-0.25, -0.2) is 0 Å². The molecule has 0 N–H and O–H groups in total. The van der Waals surface area contributed by atoms with Gasteiger partial charge in [0.2, 0.25) is 0 Å². The average Bonchev–Trinajstić information content (AvgIpc) is 2.39. The summed E-state index contributed by atoms with van der Waals surface area (Å²) in [6.07, 6.45) is 0.894. The fraction of sp³-hybridized carbons (Fsp3) is 0. The molecule has 0 radical (unpaired) electrons. The number of nitrogens with zero attached hydrogens (tertiary/aromatic N) is 1. The van der Waals surface area contributed by atoms with Gasteiger partial charge in [-0.05, 0) is 11.4 Å². The molecule has 11 heavy (non-hydrogen) atoms. The Kier molecular flexibility index (Phi) is 2.32. The Morgan fingerprint density at radius 3 is 3.00 bits per heavy atom. The molecule has 0 aromatic carbocycles. The Morgan fingerprint density at radius 1 is 1.82 bits per heavy atom. The minimum absolute atomic E-state index is 0.541. The molecule has 0 saturated heterocycles. The van der Waals surface area contributed by atoms with E-state index in [9.17, 15) is 14.5 Å². The molecule has 0 aliphatic heterocycles. The Balaban J connectivity index is 2.82. The highest BCUT2D eigenvalue weighted by Gasteiger charge is 2.07. The molecule has 1 rings (SSSR count). The molecule has 0 saturated carbocycles. The third-order valence-electron chi connectivity index (χ3n) is 0.979. The van der Waals surface area contributed by atoms with E-state index in [4.69, 9.17) is 0 Å². The van der Waals surface area contributed by atoms with Crippen LogP contribution in [0.4, 0.5) is 4.39 Å². The second kappa shape index (κ2) is 3.25. The van der Waals surface area contributed by atoms with Crippen molar-refractivity contribution in [3.8, 4) is 0 Å². The van der Waals surface area contributed by atoms with Crippen LogP contribution in [0.1, 0.15) is 4.88 Å². The van der Waals surface area contributed by atoms with Gasteiger partial charge in [-0.3, -0.25) is 10.1 Å². The number of hydrogen-bond donors (Lipinski definition) is 0. The summed E-state index contributed by atoms with van der Waals surface area (Å²) in [5.41, 5.74) is 0. The van der Waals surface area contributed by atoms with E-state index in [0.717, 1.165) is 6.08 Å². The van der Waals surface area contributed by atoms with Crippen LogP contribution in [0.15, 0.2) is 23.5 Å². The van der Waals surface area contributed by atoms with Gasteiger partial charge in [0.05, 0.1) is 11.0 Å². The first-order chi connectivity index (χ1) is 5.20. The van der Waals surface area contributed by atoms with Crippen molar-refractivity contribution in [2.75, 3.05) is 0 Å². The van der Waals surface area contributed by atoms with Crippen LogP contribution in [0.5, 0.6) is 0 Å². The molecule has 0 spiro atoms. The van der Waals surface area contributed by atoms with Crippen molar-refractivity contribution in [1.82, 2.24) is 0 Å². The SMILES string of the molecule is O=[N+]([O-])/C(F)=C/c1cccs1. The summed E-state index contributed by atoms with van der Waals surface area (Å²) in [6.45, 7) is 0. The van der Waals surface area contributed by atoms with Gasteiger partial charge < -0.3 is 0 Å². The van der Waals surface area contributed by atoms with Crippen molar-refractivity contribution >= 4 is 17.4 Å². The Labute approximate surface area is 65.9 Å². The molecule has 0 atom stereocenters. The third kappa shape index (κ3) is 2.12. The number of thiophene rings is 1. The van der Waals surface area contributed by atoms with E-state index in [0.29, 0.717) is 4.88 Å². The summed E-state index contributed by atoms with van der Waals surface area (Å²) in [5, 5.41) is 11.5. The Morgan fingerprint density at radius 2 is 2.55 bits per heavy atom. The molecule has 0 unspecified atom stereocenters. The van der Waals surface area contributed by atoms with Crippen LogP contribution in [0.3, 0.4) is 0 Å². The van der Waals surface area contributed by atoms with Gasteiger partial charge in [0.15, 0.2) is 0 Å². The van der Waals surface area contributed by atoms with E-state index >= 15 is 0 Å². The molecule has 1 heterocycles. The minimum atomic E-state index is -1.33. The van der Waals surface area contributed by atoms with Crippen molar-refractivity contribution in [2.24, 2.45) is 0 Å². The highest BCUT2D eigenvalue weighted by Crippen LogP contribution is 2.13. The second-order valence-electron chi connectivity index (χ2n) is 1.74. The summed E-state index contributed by atoms with van der Waals surface area (Å²) in [5.74, 6) is -1.33. The monoisotopic (exact) mass is 173 g/mol. The van der Waals surface area contributed by atoms with Gasteiger partial charge in [0.25, 0.3) is 0 Å². The topological polar surface area (TPSA) is 43.1 Å². The van der Waals surface area contributed by atoms with E-state index in [1.165, 1.54) is 11.3 Å². The van der Waals surface area contributed by atoms with Gasteiger partial charge in [-0.15, -0.1) is 15.7 Å². The largest absolute Gasteiger partial charge is 0.420 e. The fourth-order valence-corrected chi connectivity index (χ4v) is 1.18. The van der Waals surface area contributed by atoms with Crippen molar-refractivity contribution < 1.29 is 9.31 Å². The Bertz CT molecular complexity index is 281. The predicted octanol–water partition coefficient (Wildman–Crippen LogP) is 2.29. The first kappa shape index (κ1) is 7.87. The van der Waals surface area contributed by atoms with E-state index in [1.807, 2.05) is 0 Å². The molecule has 0 bridgehead atoms. The molecule has 58 valence electrons. The van der Waals surface area contributed by atoms with E-state index in [-0.39, 0.29) is 0 Å². The summed E-state index contributed by atoms with van der Waals surface area (Å²) in [7, 11) is 0. The van der Waals surface area contributed by atoms with E-state index < -0.39 is 10.9 Å². The van der Waals surface area contributed by atoms with Crippen LogP contribution in [0, 0.1) is 10.1 Å². The lowest BCUT2D eigenvalue weighted by molar-refractivity contribution is -0.445. The summed E-state index contributed by atoms with van der Waals surface area (Å²) < 4.78 is 12.3. The standard InChI is InChI=1S/C6H4FNO2S/c7-6(8(9)10)4-5-2-1-3-11-5/h1-4H/b6-4+. The van der Waals surface area contributed by atoms with Gasteiger partial charge in [0, 0.05) is 4.88 Å². The predicted molar refractivity (Wildman–Crippen MR) is 40.4 cm³/mol. The van der Waals surface area contributed by atoms with Crippen LogP contribution in [0.2, 0.25) is 0 Å². The molecule has 3 nitrogen and oxygen atoms in total. The lowest BCUT2D eigenvalue weighted by Gasteiger charge is -1.82. The van der Waals surface area contributed by atoms with Crippen molar-refractivity contribution in [3.05, 3.63) is 38.5 Å². The lowest BCUT2D eigenvalue weighted by Crippen LogP contribution is -1.90. The zero-order chi connectivity index (χ0) is 8.27. The molecule has 0 fully saturated rings. The quantitative estimate of drug-likeness (QED) is 0.391. The smallest absolute Gasteiger partial charge is 0.256 e. The van der Waals surface area contributed by atoms with Crippen molar-refractivity contribution in [1.29, 1.82) is 0 Å². The molecule has 0 amide bonds. The second-order valence-corrected chi connectivity index (χ2v) is 2.72. The molecule has 0 aliphatic rings. The van der Waals surface area contributed by atoms with Crippen molar-refractivity contribution in [3.63, 3.8) is 0 Å². The first-order valence-corrected chi connectivity index (χ1v) is 3.63. The maximum atomic E-state index is 12.3. The van der Waals surface area contributed by atoms with Crippen LogP contribution >= 0.6 is 11.3 Å². The fourth-order valence-electron chi connectivity index (χ4n) is 0.543. The van der Waals surface area contributed by atoms with Gasteiger partial charge in [0.1, 0.15) is 0 Å². The molecule has 0 aliphatic carbocycles. The number of nitro groups is 1. The van der Waals surface area contributed by atoms with Crippen molar-refractivity contribution in [2.45, 2.75) is 0 Å². The zero-order valence-electron chi connectivity index (χ0n) is 5.36. The maximum absolute atomic E-state index is 12.3. The molecule has 1 aromatic heterocycles. The molecular formula is C6H4FNO2S. The summed E-state index contributed by atoms with van der Waals surface area (Å²) >= 11 is 1.25. The minimum Gasteiger partial charge on any atom is -0.256 e. The van der Waals surface area contributed by atoms with Crippen LogP contribution in [-0.4, -0.2) is 4.92 Å². The normalized spacial score (nSPS) is 11.5. The number of halogens is 1. The zero-order valence-corrected chi connectivity index (χ0v) is 6.18. The maximum Gasteiger partial charge on any atom is 0.420 e. The highest BCUT2D eigenvalue weighted by atomic mass is 32.1. The molecule has 5 heteroatoms.